The maximum absolute atomic E-state index is 10.1. The topological polar surface area (TPSA) is 62.4 Å². The van der Waals surface area contributed by atoms with E-state index in [9.17, 15) is 5.11 Å². The maximum Gasteiger partial charge on any atom is 0.265 e. The quantitative estimate of drug-likeness (QED) is 0.846. The number of hydrogen-bond acceptors (Lipinski definition) is 5. The molecular formula is C12H21N3O2. The van der Waals surface area contributed by atoms with E-state index in [0.29, 0.717) is 24.2 Å². The molecule has 1 atom stereocenters. The van der Waals surface area contributed by atoms with Crippen molar-refractivity contribution in [2.45, 2.75) is 45.1 Å². The minimum absolute atomic E-state index is 0.335. The molecule has 96 valence electrons. The van der Waals surface area contributed by atoms with E-state index in [0.717, 1.165) is 19.4 Å². The number of rotatable bonds is 5. The van der Waals surface area contributed by atoms with E-state index in [4.69, 9.17) is 4.52 Å². The van der Waals surface area contributed by atoms with Gasteiger partial charge in [0.15, 0.2) is 0 Å². The average molecular weight is 239 g/mol. The number of aliphatic hydroxyl groups is 1. The second-order valence-corrected chi connectivity index (χ2v) is 4.82. The fourth-order valence-corrected chi connectivity index (χ4v) is 2.31. The molecule has 1 unspecified atom stereocenters. The molecule has 1 aromatic rings. The van der Waals surface area contributed by atoms with Crippen molar-refractivity contribution in [3.63, 3.8) is 0 Å². The van der Waals surface area contributed by atoms with Crippen LogP contribution in [-0.2, 0) is 6.42 Å². The Labute approximate surface area is 102 Å². The van der Waals surface area contributed by atoms with Crippen LogP contribution in [-0.4, -0.2) is 34.9 Å². The van der Waals surface area contributed by atoms with Crippen molar-refractivity contribution in [3.05, 3.63) is 5.89 Å². The highest BCUT2D eigenvalue weighted by molar-refractivity contribution is 5.25. The smallest absolute Gasteiger partial charge is 0.265 e. The lowest BCUT2D eigenvalue weighted by molar-refractivity contribution is 0.102. The van der Waals surface area contributed by atoms with Crippen molar-refractivity contribution in [3.8, 4) is 0 Å². The minimum atomic E-state index is -0.335. The van der Waals surface area contributed by atoms with Gasteiger partial charge in [0.25, 0.3) is 5.95 Å². The zero-order valence-corrected chi connectivity index (χ0v) is 10.6. The van der Waals surface area contributed by atoms with Crippen LogP contribution in [0.4, 0.5) is 5.95 Å². The van der Waals surface area contributed by atoms with Gasteiger partial charge in [-0.3, -0.25) is 0 Å². The molecule has 0 aliphatic heterocycles. The Morgan fingerprint density at radius 1 is 1.47 bits per heavy atom. The van der Waals surface area contributed by atoms with E-state index in [-0.39, 0.29) is 6.10 Å². The summed E-state index contributed by atoms with van der Waals surface area (Å²) in [5.41, 5.74) is 0. The maximum atomic E-state index is 10.1. The lowest BCUT2D eigenvalue weighted by Crippen LogP contribution is -2.21. The van der Waals surface area contributed by atoms with Crippen molar-refractivity contribution in [2.24, 2.45) is 5.92 Å². The Kier molecular flexibility index (Phi) is 3.99. The first kappa shape index (κ1) is 12.4. The predicted octanol–water partition coefficient (Wildman–Crippen LogP) is 1.62. The number of nitrogens with zero attached hydrogens (tertiary/aromatic N) is 3. The molecule has 1 aromatic heterocycles. The first-order valence-corrected chi connectivity index (χ1v) is 6.42. The summed E-state index contributed by atoms with van der Waals surface area (Å²) in [6.45, 7) is 2.87. The third-order valence-corrected chi connectivity index (χ3v) is 3.60. The molecule has 1 aliphatic carbocycles. The van der Waals surface area contributed by atoms with Crippen LogP contribution in [0.25, 0.3) is 0 Å². The molecule has 1 saturated carbocycles. The molecule has 1 N–H and O–H groups in total. The molecule has 1 fully saturated rings. The van der Waals surface area contributed by atoms with Crippen LogP contribution >= 0.6 is 0 Å². The molecule has 0 bridgehead atoms. The van der Waals surface area contributed by atoms with Gasteiger partial charge in [-0.15, -0.1) is 0 Å². The fourth-order valence-electron chi connectivity index (χ4n) is 2.31. The summed E-state index contributed by atoms with van der Waals surface area (Å²) < 4.78 is 5.16. The Bertz CT molecular complexity index is 347. The van der Waals surface area contributed by atoms with Gasteiger partial charge in [-0.2, -0.15) is 4.98 Å². The third-order valence-electron chi connectivity index (χ3n) is 3.60. The summed E-state index contributed by atoms with van der Waals surface area (Å²) >= 11 is 0. The van der Waals surface area contributed by atoms with Gasteiger partial charge in [-0.25, -0.2) is 0 Å². The van der Waals surface area contributed by atoms with E-state index in [1.54, 1.807) is 0 Å². The van der Waals surface area contributed by atoms with Crippen molar-refractivity contribution in [1.29, 1.82) is 0 Å². The van der Waals surface area contributed by atoms with Gasteiger partial charge in [-0.1, -0.05) is 12.8 Å². The molecule has 17 heavy (non-hydrogen) atoms. The largest absolute Gasteiger partial charge is 0.392 e. The lowest BCUT2D eigenvalue weighted by atomic mass is 9.98. The summed E-state index contributed by atoms with van der Waals surface area (Å²) in [5, 5.41) is 14.0. The molecule has 1 aliphatic rings. The van der Waals surface area contributed by atoms with E-state index < -0.39 is 0 Å². The molecule has 0 radical (unpaired) electrons. The van der Waals surface area contributed by atoms with E-state index in [2.05, 4.69) is 10.1 Å². The minimum Gasteiger partial charge on any atom is -0.392 e. The van der Waals surface area contributed by atoms with Crippen LogP contribution in [0.15, 0.2) is 4.52 Å². The standard InChI is InChI=1S/C12H21N3O2/c1-3-15(2)12-13-11(17-14-12)8-10(16)9-6-4-5-7-9/h9-10,16H,3-8H2,1-2H3. The molecule has 1 heterocycles. The molecule has 2 rings (SSSR count). The highest BCUT2D eigenvalue weighted by Crippen LogP contribution is 2.29. The highest BCUT2D eigenvalue weighted by atomic mass is 16.5. The lowest BCUT2D eigenvalue weighted by Gasteiger charge is -2.15. The SMILES string of the molecule is CCN(C)c1noc(CC(O)C2CCCC2)n1. The normalized spacial score (nSPS) is 18.5. The highest BCUT2D eigenvalue weighted by Gasteiger charge is 2.25. The predicted molar refractivity (Wildman–Crippen MR) is 64.9 cm³/mol. The zero-order valence-electron chi connectivity index (χ0n) is 10.6. The fraction of sp³-hybridized carbons (Fsp3) is 0.833. The Hall–Kier alpha value is -1.10. The van der Waals surface area contributed by atoms with Gasteiger partial charge in [0.1, 0.15) is 0 Å². The van der Waals surface area contributed by atoms with Crippen LogP contribution in [0.5, 0.6) is 0 Å². The van der Waals surface area contributed by atoms with Crippen LogP contribution in [0.1, 0.15) is 38.5 Å². The summed E-state index contributed by atoms with van der Waals surface area (Å²) in [7, 11) is 1.92. The second kappa shape index (κ2) is 5.49. The zero-order chi connectivity index (χ0) is 12.3. The van der Waals surface area contributed by atoms with Crippen LogP contribution < -0.4 is 4.90 Å². The summed E-state index contributed by atoms with van der Waals surface area (Å²) in [6, 6.07) is 0. The Morgan fingerprint density at radius 2 is 2.18 bits per heavy atom. The summed E-state index contributed by atoms with van der Waals surface area (Å²) in [4.78, 5) is 6.19. The van der Waals surface area contributed by atoms with E-state index >= 15 is 0 Å². The summed E-state index contributed by atoms with van der Waals surface area (Å²) in [5.74, 6) is 1.55. The monoisotopic (exact) mass is 239 g/mol. The van der Waals surface area contributed by atoms with E-state index in [1.807, 2.05) is 18.9 Å². The molecule has 0 aromatic carbocycles. The van der Waals surface area contributed by atoms with Crippen LogP contribution in [0.3, 0.4) is 0 Å². The Balaban J connectivity index is 1.91. The van der Waals surface area contributed by atoms with Gasteiger partial charge in [0, 0.05) is 13.6 Å². The van der Waals surface area contributed by atoms with Crippen molar-refractivity contribution in [1.82, 2.24) is 10.1 Å². The van der Waals surface area contributed by atoms with Gasteiger partial charge in [0.05, 0.1) is 12.5 Å². The van der Waals surface area contributed by atoms with Gasteiger partial charge < -0.3 is 14.5 Å². The van der Waals surface area contributed by atoms with E-state index in [1.165, 1.54) is 12.8 Å². The van der Waals surface area contributed by atoms with Crippen molar-refractivity contribution in [2.75, 3.05) is 18.5 Å². The Morgan fingerprint density at radius 3 is 2.82 bits per heavy atom. The molecule has 0 spiro atoms. The number of anilines is 1. The van der Waals surface area contributed by atoms with Crippen LogP contribution in [0.2, 0.25) is 0 Å². The summed E-state index contributed by atoms with van der Waals surface area (Å²) in [6.07, 6.45) is 4.85. The third kappa shape index (κ3) is 2.97. The number of aliphatic hydroxyl groups excluding tert-OH is 1. The molecule has 5 nitrogen and oxygen atoms in total. The number of hydrogen-bond donors (Lipinski definition) is 1. The van der Waals surface area contributed by atoms with Gasteiger partial charge >= 0.3 is 0 Å². The van der Waals surface area contributed by atoms with Crippen molar-refractivity contribution >= 4 is 5.95 Å². The molecule has 0 saturated heterocycles. The molecule has 5 heteroatoms. The molecule has 0 amide bonds. The first-order valence-electron chi connectivity index (χ1n) is 6.42. The average Bonchev–Trinajstić information content (AvgIpc) is 2.98. The first-order chi connectivity index (χ1) is 8.20. The second-order valence-electron chi connectivity index (χ2n) is 4.82. The van der Waals surface area contributed by atoms with Crippen molar-refractivity contribution < 1.29 is 9.63 Å². The van der Waals surface area contributed by atoms with Gasteiger partial charge in [-0.05, 0) is 30.8 Å². The number of aromatic nitrogens is 2. The van der Waals surface area contributed by atoms with Gasteiger partial charge in [0.2, 0.25) is 5.89 Å². The van der Waals surface area contributed by atoms with Crippen LogP contribution in [0, 0.1) is 5.92 Å². The molecular weight excluding hydrogens is 218 g/mol.